The van der Waals surface area contributed by atoms with Crippen LogP contribution in [-0.2, 0) is 0 Å². The van der Waals surface area contributed by atoms with Crippen LogP contribution < -0.4 is 5.32 Å². The maximum Gasteiger partial charge on any atom is 0.253 e. The fraction of sp³-hybridized carbons (Fsp3) is 0.381. The highest BCUT2D eigenvalue weighted by Gasteiger charge is 2.43. The molecule has 3 nitrogen and oxygen atoms in total. The number of benzene rings is 2. The Labute approximate surface area is 172 Å². The van der Waals surface area contributed by atoms with Crippen LogP contribution in [0.15, 0.2) is 36.4 Å². The van der Waals surface area contributed by atoms with Crippen LogP contribution in [0.3, 0.4) is 0 Å². The number of amides is 1. The number of carbonyl (C=O) groups excluding carboxylic acids is 1. The summed E-state index contributed by atoms with van der Waals surface area (Å²) in [5.74, 6) is -1.18. The molecule has 2 N–H and O–H groups in total. The Morgan fingerprint density at radius 2 is 1.82 bits per heavy atom. The fourth-order valence-electron chi connectivity index (χ4n) is 3.65. The number of alkyl halides is 1. The standard InChI is InChI=1S/C21H21Cl2F2NO2/c1-12-4-2-6-15(17(12)22)20(27)26-19(14-5-3-7-16(25)18(14)23)21(28)10-8-13(24)9-11-21/h2-7,13,19,28H,8-11H2,1H3,(H,26,27)/t13-,19?,21+. The molecule has 1 fully saturated rings. The van der Waals surface area contributed by atoms with E-state index in [9.17, 15) is 18.7 Å². The van der Waals surface area contributed by atoms with Crippen molar-refractivity contribution in [3.8, 4) is 0 Å². The van der Waals surface area contributed by atoms with E-state index in [1.807, 2.05) is 0 Å². The molecule has 0 spiro atoms. The average Bonchev–Trinajstić information content (AvgIpc) is 2.67. The lowest BCUT2D eigenvalue weighted by Gasteiger charge is -2.41. The van der Waals surface area contributed by atoms with Crippen LogP contribution in [0.2, 0.25) is 10.0 Å². The van der Waals surface area contributed by atoms with Crippen molar-refractivity contribution in [2.45, 2.75) is 50.4 Å². The van der Waals surface area contributed by atoms with E-state index in [1.165, 1.54) is 12.1 Å². The molecule has 3 rings (SSSR count). The zero-order valence-electron chi connectivity index (χ0n) is 15.3. The minimum atomic E-state index is -1.45. The molecule has 0 radical (unpaired) electrons. The van der Waals surface area contributed by atoms with Gasteiger partial charge in [0, 0.05) is 0 Å². The summed E-state index contributed by atoms with van der Waals surface area (Å²) in [7, 11) is 0. The number of halogens is 4. The van der Waals surface area contributed by atoms with E-state index in [2.05, 4.69) is 5.32 Å². The van der Waals surface area contributed by atoms with E-state index >= 15 is 0 Å². The first-order chi connectivity index (χ1) is 13.2. The second-order valence-electron chi connectivity index (χ2n) is 7.26. The van der Waals surface area contributed by atoms with E-state index in [4.69, 9.17) is 23.2 Å². The topological polar surface area (TPSA) is 49.3 Å². The van der Waals surface area contributed by atoms with E-state index in [1.54, 1.807) is 31.2 Å². The second-order valence-corrected chi connectivity index (χ2v) is 8.02. The molecular formula is C21H21Cl2F2NO2. The van der Waals surface area contributed by atoms with Crippen molar-refractivity contribution in [2.75, 3.05) is 0 Å². The van der Waals surface area contributed by atoms with Gasteiger partial charge in [0.15, 0.2) is 0 Å². The molecule has 2 aromatic rings. The van der Waals surface area contributed by atoms with Gasteiger partial charge in [-0.25, -0.2) is 8.78 Å². The first-order valence-corrected chi connectivity index (χ1v) is 9.85. The third kappa shape index (κ3) is 4.17. The van der Waals surface area contributed by atoms with Crippen LogP contribution in [0.1, 0.15) is 53.2 Å². The highest BCUT2D eigenvalue weighted by molar-refractivity contribution is 6.34. The minimum absolute atomic E-state index is 0.119. The monoisotopic (exact) mass is 427 g/mol. The molecule has 0 heterocycles. The molecule has 1 saturated carbocycles. The zero-order chi connectivity index (χ0) is 20.5. The number of hydrogen-bond acceptors (Lipinski definition) is 2. The molecule has 1 aliphatic rings. The van der Waals surface area contributed by atoms with Gasteiger partial charge in [0.05, 0.1) is 27.3 Å². The Bertz CT molecular complexity index is 883. The van der Waals surface area contributed by atoms with Crippen molar-refractivity contribution in [3.63, 3.8) is 0 Å². The zero-order valence-corrected chi connectivity index (χ0v) is 16.8. The summed E-state index contributed by atoms with van der Waals surface area (Å²) in [5, 5.41) is 14.1. The van der Waals surface area contributed by atoms with E-state index in [0.29, 0.717) is 5.02 Å². The molecule has 1 unspecified atom stereocenters. The van der Waals surface area contributed by atoms with Gasteiger partial charge in [-0.1, -0.05) is 47.5 Å². The number of aliphatic hydroxyl groups is 1. The van der Waals surface area contributed by atoms with Crippen LogP contribution in [0.4, 0.5) is 8.78 Å². The molecule has 0 aliphatic heterocycles. The van der Waals surface area contributed by atoms with Crippen LogP contribution >= 0.6 is 23.2 Å². The van der Waals surface area contributed by atoms with Gasteiger partial charge < -0.3 is 10.4 Å². The van der Waals surface area contributed by atoms with Crippen molar-refractivity contribution in [3.05, 3.63) is 69.0 Å². The molecule has 0 aromatic heterocycles. The summed E-state index contributed by atoms with van der Waals surface area (Å²) in [4.78, 5) is 12.9. The number of rotatable bonds is 4. The van der Waals surface area contributed by atoms with Gasteiger partial charge in [-0.15, -0.1) is 0 Å². The largest absolute Gasteiger partial charge is 0.387 e. The van der Waals surface area contributed by atoms with Crippen molar-refractivity contribution in [1.29, 1.82) is 0 Å². The minimum Gasteiger partial charge on any atom is -0.387 e. The molecular weight excluding hydrogens is 407 g/mol. The number of carbonyl (C=O) groups is 1. The molecule has 1 amide bonds. The van der Waals surface area contributed by atoms with Crippen molar-refractivity contribution in [1.82, 2.24) is 5.32 Å². The predicted molar refractivity (Wildman–Crippen MR) is 106 cm³/mol. The average molecular weight is 428 g/mol. The fourth-order valence-corrected chi connectivity index (χ4v) is 4.09. The predicted octanol–water partition coefficient (Wildman–Crippen LogP) is 5.56. The Kier molecular flexibility index (Phi) is 6.28. The quantitative estimate of drug-likeness (QED) is 0.671. The van der Waals surface area contributed by atoms with Crippen molar-refractivity contribution < 1.29 is 18.7 Å². The third-order valence-corrected chi connectivity index (χ3v) is 6.22. The molecule has 1 aliphatic carbocycles. The van der Waals surface area contributed by atoms with Crippen LogP contribution in [0.25, 0.3) is 0 Å². The summed E-state index contributed by atoms with van der Waals surface area (Å²) in [6.45, 7) is 1.77. The summed E-state index contributed by atoms with van der Waals surface area (Å²) >= 11 is 12.4. The first kappa shape index (κ1) is 21.0. The third-order valence-electron chi connectivity index (χ3n) is 5.32. The van der Waals surface area contributed by atoms with E-state index < -0.39 is 29.5 Å². The van der Waals surface area contributed by atoms with Gasteiger partial charge >= 0.3 is 0 Å². The number of aryl methyl sites for hydroxylation is 1. The molecule has 2 aromatic carbocycles. The summed E-state index contributed by atoms with van der Waals surface area (Å²) in [5.41, 5.74) is -0.238. The van der Waals surface area contributed by atoms with Gasteiger partial charge in [-0.3, -0.25) is 4.79 Å². The van der Waals surface area contributed by atoms with Crippen molar-refractivity contribution in [2.24, 2.45) is 0 Å². The van der Waals surface area contributed by atoms with Gasteiger partial charge in [0.25, 0.3) is 5.91 Å². The normalized spacial score (nSPS) is 23.3. The second kappa shape index (κ2) is 8.36. The first-order valence-electron chi connectivity index (χ1n) is 9.09. The molecule has 0 bridgehead atoms. The van der Waals surface area contributed by atoms with Crippen molar-refractivity contribution >= 4 is 29.1 Å². The molecule has 0 saturated heterocycles. The molecule has 28 heavy (non-hydrogen) atoms. The maximum atomic E-state index is 14.1. The maximum absolute atomic E-state index is 14.1. The molecule has 7 heteroatoms. The Hall–Kier alpha value is -1.69. The highest BCUT2D eigenvalue weighted by Crippen LogP contribution is 2.42. The Morgan fingerprint density at radius 1 is 1.18 bits per heavy atom. The van der Waals surface area contributed by atoms with Crippen LogP contribution in [0, 0.1) is 12.7 Å². The summed E-state index contributed by atoms with van der Waals surface area (Å²) in [6, 6.07) is 8.24. The Balaban J connectivity index is 2.00. The van der Waals surface area contributed by atoms with E-state index in [-0.39, 0.29) is 41.8 Å². The lowest BCUT2D eigenvalue weighted by molar-refractivity contribution is -0.0445. The summed E-state index contributed by atoms with van der Waals surface area (Å²) < 4.78 is 27.7. The summed E-state index contributed by atoms with van der Waals surface area (Å²) in [6.07, 6.45) is -0.464. The van der Waals surface area contributed by atoms with Gasteiger partial charge in [0.2, 0.25) is 0 Å². The van der Waals surface area contributed by atoms with E-state index in [0.717, 1.165) is 5.56 Å². The molecule has 1 atom stereocenters. The van der Waals surface area contributed by atoms with Crippen LogP contribution in [-0.4, -0.2) is 22.8 Å². The SMILES string of the molecule is Cc1cccc(C(=O)NC(c2cccc(F)c2Cl)[C@]2(O)CC[C@@H](F)CC2)c1Cl. The number of nitrogens with one attached hydrogen (secondary N) is 1. The van der Waals surface area contributed by atoms with Gasteiger partial charge in [0.1, 0.15) is 12.0 Å². The smallest absolute Gasteiger partial charge is 0.253 e. The van der Waals surface area contributed by atoms with Crippen LogP contribution in [0.5, 0.6) is 0 Å². The van der Waals surface area contributed by atoms with Gasteiger partial charge in [-0.2, -0.15) is 0 Å². The lowest BCUT2D eigenvalue weighted by atomic mass is 9.76. The highest BCUT2D eigenvalue weighted by atomic mass is 35.5. The lowest BCUT2D eigenvalue weighted by Crippen LogP contribution is -2.48. The Morgan fingerprint density at radius 3 is 2.50 bits per heavy atom. The van der Waals surface area contributed by atoms with Gasteiger partial charge in [-0.05, 0) is 55.9 Å². The molecule has 150 valence electrons. The number of hydrogen-bond donors (Lipinski definition) is 2.